The highest BCUT2D eigenvalue weighted by molar-refractivity contribution is 6.49. The molecule has 1 aliphatic heterocycles. The summed E-state index contributed by atoms with van der Waals surface area (Å²) in [5.41, 5.74) is 1.23. The molecule has 0 spiro atoms. The second-order valence-corrected chi connectivity index (χ2v) is 1.50. The Hall–Kier alpha value is -0.455. The molecule has 0 radical (unpaired) electrons. The monoisotopic (exact) mass is 80.1 g/mol. The lowest BCUT2D eigenvalue weighted by Crippen LogP contribution is -1.65. The van der Waals surface area contributed by atoms with Gasteiger partial charge in [-0.2, -0.15) is 0 Å². The van der Waals surface area contributed by atoms with Crippen molar-refractivity contribution in [1.82, 2.24) is 0 Å². The molecule has 1 aliphatic rings. The third kappa shape index (κ3) is 0.536. The molecular weight excluding hydrogens is 70.9 g/mol. The molecule has 0 aromatic heterocycles. The van der Waals surface area contributed by atoms with Crippen molar-refractivity contribution in [3.8, 4) is 0 Å². The maximum atomic E-state index is 7.07. The van der Waals surface area contributed by atoms with E-state index in [9.17, 15) is 0 Å². The second-order valence-electron chi connectivity index (χ2n) is 1.50. The minimum Gasteiger partial charge on any atom is -0.114 e. The number of allylic oxidation sites excluding steroid dienone is 2. The van der Waals surface area contributed by atoms with Crippen LogP contribution in [0.2, 0.25) is 0 Å². The van der Waals surface area contributed by atoms with E-state index in [2.05, 4.69) is 5.98 Å². The fraction of sp³-hybridized carbons (Fsp3) is 0.200. The van der Waals surface area contributed by atoms with E-state index in [-0.39, 0.29) is 0 Å². The molecule has 0 aliphatic carbocycles. The zero-order chi connectivity index (χ0) is 5.28. The van der Waals surface area contributed by atoms with Crippen LogP contribution in [0.3, 0.4) is 0 Å². The molecule has 0 amide bonds. The number of rotatable bonds is 0. The average Bonchev–Trinajstić information content (AvgIpc) is 1.87. The van der Waals surface area contributed by atoms with Crippen LogP contribution in [0.1, 0.15) is 8.29 Å². The van der Waals surface area contributed by atoms with E-state index in [0.29, 0.717) is 0 Å². The molecule has 0 saturated heterocycles. The van der Waals surface area contributed by atoms with Gasteiger partial charge in [0.2, 0.25) is 0 Å². The van der Waals surface area contributed by atoms with Crippen LogP contribution in [0.15, 0.2) is 23.6 Å². The third-order valence-electron chi connectivity index (χ3n) is 0.872. The minimum atomic E-state index is 0.734. The van der Waals surface area contributed by atoms with Gasteiger partial charge in [-0.3, -0.25) is 0 Å². The Morgan fingerprint density at radius 2 is 2.83 bits per heavy atom. The summed E-state index contributed by atoms with van der Waals surface area (Å²) < 4.78 is 7.07. The Kier molecular flexibility index (Phi) is 0.594. The van der Waals surface area contributed by atoms with Crippen LogP contribution in [0.5, 0.6) is 0 Å². The van der Waals surface area contributed by atoms with Crippen LogP contribution in [0.4, 0.5) is 0 Å². The molecule has 0 saturated carbocycles. The normalized spacial score (nSPS) is 21.2. The molecule has 1 heterocycles. The van der Waals surface area contributed by atoms with Gasteiger partial charge in [-0.05, 0) is 6.92 Å². The molecule has 0 bridgehead atoms. The van der Waals surface area contributed by atoms with Crippen molar-refractivity contribution in [2.24, 2.45) is 0 Å². The van der Waals surface area contributed by atoms with E-state index in [1.807, 2.05) is 13.0 Å². The molecule has 1 rings (SSSR count). The minimum absolute atomic E-state index is 0.734. The topological polar surface area (TPSA) is 0 Å². The maximum absolute atomic E-state index is 7.07. The van der Waals surface area contributed by atoms with Gasteiger partial charge in [-0.15, -0.1) is 11.9 Å². The van der Waals surface area contributed by atoms with Crippen LogP contribution < -0.4 is 0 Å². The molecule has 0 N–H and O–H groups in total. The van der Waals surface area contributed by atoms with E-state index in [0.717, 1.165) is 13.2 Å². The van der Waals surface area contributed by atoms with Gasteiger partial charge in [-0.25, -0.2) is 0 Å². The molecular formula is C5H7B. The van der Waals surface area contributed by atoms with Crippen molar-refractivity contribution in [3.63, 3.8) is 0 Å². The van der Waals surface area contributed by atoms with Gasteiger partial charge in [0, 0.05) is 1.37 Å². The Labute approximate surface area is 40.2 Å². The molecule has 6 heavy (non-hydrogen) atoms. The second kappa shape index (κ2) is 1.33. The van der Waals surface area contributed by atoms with Gasteiger partial charge in [0.25, 0.3) is 0 Å². The molecule has 0 atom stereocenters. The van der Waals surface area contributed by atoms with Crippen LogP contribution in [-0.2, 0) is 0 Å². The Balaban J connectivity index is 2.69. The van der Waals surface area contributed by atoms with Crippen molar-refractivity contribution in [2.45, 2.75) is 6.92 Å². The molecule has 0 fully saturated rings. The first-order valence-electron chi connectivity index (χ1n) is 2.63. The first-order valence-corrected chi connectivity index (χ1v) is 2.13. The molecule has 30 valence electrons. The van der Waals surface area contributed by atoms with Crippen LogP contribution in [0, 0.1) is 0 Å². The predicted octanol–water partition coefficient (Wildman–Crippen LogP) is 0.854. The lowest BCUT2D eigenvalue weighted by Gasteiger charge is -1.73. The molecule has 0 aromatic rings. The molecule has 0 unspecified atom stereocenters. The van der Waals surface area contributed by atoms with Crippen molar-refractivity contribution < 1.29 is 1.37 Å². The SMILES string of the molecule is [3H]C1=CC(C)=CB1. The number of hydrogen-bond donors (Lipinski definition) is 0. The van der Waals surface area contributed by atoms with Crippen molar-refractivity contribution in [3.05, 3.63) is 23.6 Å². The largest absolute Gasteiger partial charge is 0.174 e. The fourth-order valence-electron chi connectivity index (χ4n) is 0.499. The average molecular weight is 79.9 g/mol. The van der Waals surface area contributed by atoms with Gasteiger partial charge < -0.3 is 0 Å². The summed E-state index contributed by atoms with van der Waals surface area (Å²) in [5.74, 6) is 2.79. The van der Waals surface area contributed by atoms with Gasteiger partial charge in [0.15, 0.2) is 7.28 Å². The van der Waals surface area contributed by atoms with Crippen LogP contribution in [0.25, 0.3) is 0 Å². The van der Waals surface area contributed by atoms with Crippen LogP contribution >= 0.6 is 0 Å². The Morgan fingerprint density at radius 1 is 2.00 bits per heavy atom. The summed E-state index contributed by atoms with van der Waals surface area (Å²) in [7, 11) is 0.839. The third-order valence-corrected chi connectivity index (χ3v) is 0.872. The van der Waals surface area contributed by atoms with Gasteiger partial charge in [0.05, 0.1) is 0 Å². The first-order chi connectivity index (χ1) is 3.29. The van der Waals surface area contributed by atoms with Gasteiger partial charge in [0.1, 0.15) is 0 Å². The van der Waals surface area contributed by atoms with E-state index in [4.69, 9.17) is 1.37 Å². The van der Waals surface area contributed by atoms with E-state index in [1.165, 1.54) is 5.57 Å². The van der Waals surface area contributed by atoms with Crippen molar-refractivity contribution in [1.29, 1.82) is 0 Å². The maximum Gasteiger partial charge on any atom is 0.174 e. The van der Waals surface area contributed by atoms with E-state index < -0.39 is 0 Å². The van der Waals surface area contributed by atoms with Crippen molar-refractivity contribution >= 4 is 7.28 Å². The molecule has 0 nitrogen and oxygen atoms in total. The zero-order valence-corrected chi connectivity index (χ0v) is 3.86. The molecule has 1 heteroatoms. The highest BCUT2D eigenvalue weighted by Gasteiger charge is 1.86. The van der Waals surface area contributed by atoms with E-state index >= 15 is 0 Å². The summed E-state index contributed by atoms with van der Waals surface area (Å²) in [4.78, 5) is 0. The lowest BCUT2D eigenvalue weighted by molar-refractivity contribution is 1.58. The predicted molar refractivity (Wildman–Crippen MR) is 30.0 cm³/mol. The van der Waals surface area contributed by atoms with Crippen LogP contribution in [-0.4, -0.2) is 7.28 Å². The standard InChI is InChI=1S/C5H7B/c1-5-2-3-6-4-5/h2-4,6H,1H3/i3T. The highest BCUT2D eigenvalue weighted by Crippen LogP contribution is 1.98. The van der Waals surface area contributed by atoms with E-state index in [1.54, 1.807) is 0 Å². The van der Waals surface area contributed by atoms with Gasteiger partial charge >= 0.3 is 0 Å². The first kappa shape index (κ1) is 2.67. The quantitative estimate of drug-likeness (QED) is 0.378. The highest BCUT2D eigenvalue weighted by atomic mass is 13.8. The smallest absolute Gasteiger partial charge is 0.114 e. The van der Waals surface area contributed by atoms with Crippen molar-refractivity contribution in [2.75, 3.05) is 0 Å². The summed E-state index contributed by atoms with van der Waals surface area (Å²) in [5, 5.41) is 0. The summed E-state index contributed by atoms with van der Waals surface area (Å²) in [6, 6.07) is 0. The summed E-state index contributed by atoms with van der Waals surface area (Å²) >= 11 is 0. The summed E-state index contributed by atoms with van der Waals surface area (Å²) in [6.07, 6.45) is 1.89. The number of hydrogen-bond acceptors (Lipinski definition) is 0. The summed E-state index contributed by atoms with van der Waals surface area (Å²) in [6.45, 7) is 2.02. The lowest BCUT2D eigenvalue weighted by atomic mass is 9.82. The Morgan fingerprint density at radius 3 is 3.00 bits per heavy atom. The zero-order valence-electron chi connectivity index (χ0n) is 4.86. The fourth-order valence-corrected chi connectivity index (χ4v) is 0.499. The van der Waals surface area contributed by atoms with Gasteiger partial charge in [-0.1, -0.05) is 11.6 Å². The molecule has 0 aromatic carbocycles. The Bertz CT molecular complexity index is 135.